The van der Waals surface area contributed by atoms with E-state index in [-0.39, 0.29) is 5.41 Å². The zero-order valence-electron chi connectivity index (χ0n) is 17.8. The lowest BCUT2D eigenvalue weighted by Gasteiger charge is -2.38. The minimum Gasteiger partial charge on any atom is -0.411 e. The van der Waals surface area contributed by atoms with Gasteiger partial charge in [-0.3, -0.25) is 4.79 Å². The third kappa shape index (κ3) is 5.25. The average molecular weight is 421 g/mol. The Morgan fingerprint density at radius 1 is 1.00 bits per heavy atom. The lowest BCUT2D eigenvalue weighted by molar-refractivity contribution is -0.138. The molecular weight excluding hydrogens is 390 g/mol. The van der Waals surface area contributed by atoms with Crippen LogP contribution in [0.3, 0.4) is 0 Å². The van der Waals surface area contributed by atoms with Crippen LogP contribution in [0.5, 0.6) is 5.75 Å². The third-order valence-electron chi connectivity index (χ3n) is 6.55. The molecule has 1 spiro atoms. The van der Waals surface area contributed by atoms with Gasteiger partial charge in [-0.2, -0.15) is 0 Å². The first kappa shape index (κ1) is 21.4. The molecule has 4 rings (SSSR count). The van der Waals surface area contributed by atoms with Crippen LogP contribution in [0, 0.1) is 11.8 Å². The largest absolute Gasteiger partial charge is 0.411 e. The summed E-state index contributed by atoms with van der Waals surface area (Å²) in [5.41, 5.74) is 7.14. The van der Waals surface area contributed by atoms with Gasteiger partial charge in [0.15, 0.2) is 0 Å². The van der Waals surface area contributed by atoms with Gasteiger partial charge < -0.3 is 20.3 Å². The lowest BCUT2D eigenvalue weighted by atomic mass is 9.77. The maximum Gasteiger partial charge on any atom is 0.409 e. The third-order valence-corrected chi connectivity index (χ3v) is 6.55. The minimum atomic E-state index is -0.825. The first-order chi connectivity index (χ1) is 15.0. The number of carbonyl (C=O) groups excluding carboxylic acids is 2. The average Bonchev–Trinajstić information content (AvgIpc) is 3.07. The molecule has 0 bridgehead atoms. The molecule has 2 aromatic carbocycles. The van der Waals surface area contributed by atoms with Crippen LogP contribution < -0.4 is 10.5 Å². The topological polar surface area (TPSA) is 75.9 Å². The molecule has 0 atom stereocenters. The molecule has 6 nitrogen and oxygen atoms in total. The van der Waals surface area contributed by atoms with Crippen LogP contribution in [0.4, 0.5) is 4.79 Å². The Hall–Kier alpha value is -2.86. The van der Waals surface area contributed by atoms with Crippen LogP contribution in [-0.2, 0) is 11.3 Å². The molecule has 2 amide bonds. The number of likely N-dealkylation sites (tertiary alicyclic amines) is 2. The summed E-state index contributed by atoms with van der Waals surface area (Å²) < 4.78 is 4.86. The molecule has 31 heavy (non-hydrogen) atoms. The van der Waals surface area contributed by atoms with Crippen molar-refractivity contribution in [3.05, 3.63) is 72.1 Å². The lowest BCUT2D eigenvalue weighted by Crippen LogP contribution is -2.44. The zero-order chi connectivity index (χ0) is 21.7. The van der Waals surface area contributed by atoms with E-state index in [2.05, 4.69) is 35.6 Å². The number of amides is 2. The number of piperidine rings is 1. The summed E-state index contributed by atoms with van der Waals surface area (Å²) in [4.78, 5) is 28.5. The molecule has 0 saturated carbocycles. The van der Waals surface area contributed by atoms with Crippen LogP contribution in [0.1, 0.15) is 36.8 Å². The molecule has 2 saturated heterocycles. The molecule has 163 valence electrons. The van der Waals surface area contributed by atoms with Crippen molar-refractivity contribution in [2.45, 2.75) is 32.2 Å². The van der Waals surface area contributed by atoms with Crippen molar-refractivity contribution in [3.8, 4) is 5.75 Å². The molecule has 1 radical (unpaired) electrons. The smallest absolute Gasteiger partial charge is 0.409 e. The van der Waals surface area contributed by atoms with Gasteiger partial charge in [0.25, 0.3) is 0 Å². The molecule has 2 aliphatic heterocycles. The van der Waals surface area contributed by atoms with Gasteiger partial charge >= 0.3 is 6.09 Å². The predicted octanol–water partition coefficient (Wildman–Crippen LogP) is 3.60. The summed E-state index contributed by atoms with van der Waals surface area (Å²) in [5, 5.41) is 0. The molecule has 6 heteroatoms. The molecule has 2 heterocycles. The molecule has 0 unspecified atom stereocenters. The Morgan fingerprint density at radius 2 is 1.68 bits per heavy atom. The Kier molecular flexibility index (Phi) is 6.56. The highest BCUT2D eigenvalue weighted by atomic mass is 16.5. The summed E-state index contributed by atoms with van der Waals surface area (Å²) >= 11 is 0. The molecular formula is C25H30N3O3. The molecule has 2 fully saturated rings. The van der Waals surface area contributed by atoms with Crippen LogP contribution >= 0.6 is 0 Å². The highest BCUT2D eigenvalue weighted by Gasteiger charge is 2.47. The van der Waals surface area contributed by atoms with E-state index >= 15 is 0 Å². The van der Waals surface area contributed by atoms with Gasteiger partial charge in [-0.25, -0.2) is 4.79 Å². The molecule has 0 aromatic heterocycles. The van der Waals surface area contributed by atoms with Crippen molar-refractivity contribution in [3.63, 3.8) is 0 Å². The monoisotopic (exact) mass is 420 g/mol. The summed E-state index contributed by atoms with van der Waals surface area (Å²) in [6.07, 6.45) is 5.32. The Balaban J connectivity index is 1.24. The number of nitrogens with zero attached hydrogens (tertiary/aromatic N) is 2. The second-order valence-corrected chi connectivity index (χ2v) is 8.57. The van der Waals surface area contributed by atoms with Crippen molar-refractivity contribution in [1.29, 1.82) is 0 Å². The number of nitrogens with two attached hydrogens (primary N) is 1. The van der Waals surface area contributed by atoms with E-state index < -0.39 is 6.09 Å². The van der Waals surface area contributed by atoms with E-state index in [0.29, 0.717) is 18.2 Å². The van der Waals surface area contributed by atoms with Crippen molar-refractivity contribution in [2.24, 2.45) is 11.1 Å². The van der Waals surface area contributed by atoms with Crippen LogP contribution in [0.25, 0.3) is 0 Å². The van der Waals surface area contributed by atoms with Gasteiger partial charge in [0.2, 0.25) is 5.91 Å². The van der Waals surface area contributed by atoms with Crippen molar-refractivity contribution >= 4 is 12.0 Å². The fraction of sp³-hybridized carbons (Fsp3) is 0.400. The maximum absolute atomic E-state index is 13.2. The summed E-state index contributed by atoms with van der Waals surface area (Å²) in [6, 6.07) is 17.6. The van der Waals surface area contributed by atoms with E-state index in [4.69, 9.17) is 10.5 Å². The highest BCUT2D eigenvalue weighted by Crippen LogP contribution is 2.42. The van der Waals surface area contributed by atoms with Crippen molar-refractivity contribution in [1.82, 2.24) is 9.80 Å². The van der Waals surface area contributed by atoms with E-state index in [0.717, 1.165) is 57.4 Å². The van der Waals surface area contributed by atoms with E-state index in [1.54, 1.807) is 12.1 Å². The fourth-order valence-electron chi connectivity index (χ4n) is 4.71. The second kappa shape index (κ2) is 9.52. The molecule has 2 aliphatic rings. The maximum atomic E-state index is 13.2. The van der Waals surface area contributed by atoms with Crippen LogP contribution in [-0.4, -0.2) is 48.0 Å². The fourth-order valence-corrected chi connectivity index (χ4v) is 4.71. The van der Waals surface area contributed by atoms with Gasteiger partial charge in [-0.1, -0.05) is 42.5 Å². The summed E-state index contributed by atoms with van der Waals surface area (Å²) in [5.74, 6) is 0.706. The first-order valence-corrected chi connectivity index (χ1v) is 11.0. The summed E-state index contributed by atoms with van der Waals surface area (Å²) in [7, 11) is 0. The van der Waals surface area contributed by atoms with E-state index in [1.165, 1.54) is 5.56 Å². The normalized spacial score (nSPS) is 18.5. The standard InChI is InChI=1S/C25H30N3O3/c26-24(30)31-22-10-8-21(9-11-22)19-28-18-14-25(23(28)29)12-16-27(17-13-25)15-4-7-20-5-2-1-3-6-20/h1-3,5-11H,4,12-19H2,(H2,26,30). The quantitative estimate of drug-likeness (QED) is 0.743. The zero-order valence-corrected chi connectivity index (χ0v) is 17.8. The number of ether oxygens (including phenoxy) is 1. The number of primary amides is 1. The Bertz CT molecular complexity index is 890. The minimum absolute atomic E-state index is 0.186. The number of benzene rings is 2. The molecule has 2 N–H and O–H groups in total. The van der Waals surface area contributed by atoms with E-state index in [1.807, 2.05) is 23.1 Å². The second-order valence-electron chi connectivity index (χ2n) is 8.57. The van der Waals surface area contributed by atoms with E-state index in [9.17, 15) is 9.59 Å². The Morgan fingerprint density at radius 3 is 2.35 bits per heavy atom. The van der Waals surface area contributed by atoms with Crippen LogP contribution in [0.15, 0.2) is 54.6 Å². The van der Waals surface area contributed by atoms with Gasteiger partial charge in [-0.15, -0.1) is 0 Å². The highest BCUT2D eigenvalue weighted by molar-refractivity contribution is 5.85. The van der Waals surface area contributed by atoms with Gasteiger partial charge in [0.05, 0.1) is 5.41 Å². The van der Waals surface area contributed by atoms with Gasteiger partial charge in [0.1, 0.15) is 5.75 Å². The van der Waals surface area contributed by atoms with Crippen LogP contribution in [0.2, 0.25) is 0 Å². The molecule has 2 aromatic rings. The van der Waals surface area contributed by atoms with Gasteiger partial charge in [0, 0.05) is 13.1 Å². The molecule has 0 aliphatic carbocycles. The predicted molar refractivity (Wildman–Crippen MR) is 119 cm³/mol. The Labute approximate surface area is 184 Å². The van der Waals surface area contributed by atoms with Crippen molar-refractivity contribution in [2.75, 3.05) is 26.2 Å². The number of hydrogen-bond donors (Lipinski definition) is 1. The number of rotatable bonds is 7. The van der Waals surface area contributed by atoms with Crippen molar-refractivity contribution < 1.29 is 14.3 Å². The number of carbonyl (C=O) groups is 2. The van der Waals surface area contributed by atoms with Gasteiger partial charge in [-0.05, 0) is 75.0 Å². The SMILES string of the molecule is NC(=O)Oc1ccc(CN2CCC3(CCN(CC[CH]c4ccccc4)CC3)C2=O)cc1. The number of hydrogen-bond acceptors (Lipinski definition) is 4. The first-order valence-electron chi connectivity index (χ1n) is 11.0. The summed E-state index contributed by atoms with van der Waals surface area (Å²) in [6.45, 7) is 4.42.